The van der Waals surface area contributed by atoms with Crippen LogP contribution in [0, 0.1) is 0 Å². The molecular weight excluding hydrogens is 450 g/mol. The number of hydrogen-bond donors (Lipinski definition) is 1. The van der Waals surface area contributed by atoms with Gasteiger partial charge in [-0.2, -0.15) is 0 Å². The normalized spacial score (nSPS) is 20.5. The predicted molar refractivity (Wildman–Crippen MR) is 124 cm³/mol. The van der Waals surface area contributed by atoms with Crippen molar-refractivity contribution in [2.45, 2.75) is 58.2 Å². The Kier molecular flexibility index (Phi) is 8.07. The predicted octanol–water partition coefficient (Wildman–Crippen LogP) is 3.48. The van der Waals surface area contributed by atoms with Crippen LogP contribution in [-0.4, -0.2) is 84.4 Å². The first-order valence-electron chi connectivity index (χ1n) is 11.3. The number of amides is 3. The lowest BCUT2D eigenvalue weighted by molar-refractivity contribution is -0.125. The van der Waals surface area contributed by atoms with Gasteiger partial charge in [-0.15, -0.1) is 0 Å². The van der Waals surface area contributed by atoms with E-state index in [0.717, 1.165) is 0 Å². The second-order valence-corrected chi connectivity index (χ2v) is 9.13. The van der Waals surface area contributed by atoms with Crippen LogP contribution in [0.3, 0.4) is 0 Å². The van der Waals surface area contributed by atoms with E-state index in [0.29, 0.717) is 50.4 Å². The van der Waals surface area contributed by atoms with Crippen molar-refractivity contribution in [3.05, 3.63) is 22.7 Å². The average Bonchev–Trinajstić information content (AvgIpc) is 2.76. The van der Waals surface area contributed by atoms with E-state index >= 15 is 0 Å². The van der Waals surface area contributed by atoms with E-state index in [-0.39, 0.29) is 41.0 Å². The second kappa shape index (κ2) is 10.6. The highest BCUT2D eigenvalue weighted by molar-refractivity contribution is 6.34. The summed E-state index contributed by atoms with van der Waals surface area (Å²) in [5, 5.41) is 9.64. The lowest BCUT2D eigenvalue weighted by Crippen LogP contribution is -2.53. The molecule has 1 N–H and O–H groups in total. The first kappa shape index (κ1) is 25.1. The van der Waals surface area contributed by atoms with Crippen molar-refractivity contribution in [1.29, 1.82) is 0 Å². The van der Waals surface area contributed by atoms with E-state index in [1.165, 1.54) is 4.90 Å². The van der Waals surface area contributed by atoms with Gasteiger partial charge in [-0.1, -0.05) is 11.6 Å². The first-order chi connectivity index (χ1) is 15.6. The molecule has 33 heavy (non-hydrogen) atoms. The number of hydrogen-bond acceptors (Lipinski definition) is 5. The Bertz CT molecular complexity index is 908. The molecule has 0 aromatic heterocycles. The van der Waals surface area contributed by atoms with Gasteiger partial charge in [-0.3, -0.25) is 9.59 Å². The molecule has 182 valence electrons. The van der Waals surface area contributed by atoms with E-state index in [1.54, 1.807) is 36.0 Å². The Morgan fingerprint density at radius 2 is 2.09 bits per heavy atom. The van der Waals surface area contributed by atoms with Gasteiger partial charge in [0.15, 0.2) is 6.10 Å². The zero-order valence-corrected chi connectivity index (χ0v) is 20.3. The van der Waals surface area contributed by atoms with Crippen molar-refractivity contribution in [2.75, 3.05) is 38.3 Å². The third kappa shape index (κ3) is 5.35. The van der Waals surface area contributed by atoms with Crippen molar-refractivity contribution in [3.8, 4) is 5.75 Å². The van der Waals surface area contributed by atoms with Gasteiger partial charge in [-0.05, 0) is 46.1 Å². The molecule has 0 spiro atoms. The monoisotopic (exact) mass is 481 g/mol. The SMILES string of the molecule is COCCCN1C(=O)[C@@H](C)Oc2cc(Cl)c(C(=O)N(C(C)C)[C@@H]3CCCN(C(=O)O)C3)cc21. The van der Waals surface area contributed by atoms with Crippen LogP contribution in [0.1, 0.15) is 50.4 Å². The number of piperidine rings is 1. The summed E-state index contributed by atoms with van der Waals surface area (Å²) in [4.78, 5) is 42.6. The largest absolute Gasteiger partial charge is 0.479 e. The second-order valence-electron chi connectivity index (χ2n) is 8.73. The quantitative estimate of drug-likeness (QED) is 0.598. The van der Waals surface area contributed by atoms with Crippen molar-refractivity contribution in [1.82, 2.24) is 9.80 Å². The van der Waals surface area contributed by atoms with Crippen LogP contribution in [0.25, 0.3) is 0 Å². The molecule has 1 fully saturated rings. The number of halogens is 1. The van der Waals surface area contributed by atoms with Gasteiger partial charge in [0.1, 0.15) is 5.75 Å². The van der Waals surface area contributed by atoms with Gasteiger partial charge >= 0.3 is 6.09 Å². The molecule has 10 heteroatoms. The fraction of sp³-hybridized carbons (Fsp3) is 0.609. The minimum atomic E-state index is -0.987. The molecule has 0 bridgehead atoms. The average molecular weight is 482 g/mol. The zero-order valence-electron chi connectivity index (χ0n) is 19.5. The van der Waals surface area contributed by atoms with E-state index in [4.69, 9.17) is 21.1 Å². The number of likely N-dealkylation sites (tertiary alicyclic amines) is 1. The molecule has 2 aliphatic rings. The summed E-state index contributed by atoms with van der Waals surface area (Å²) < 4.78 is 10.9. The maximum absolute atomic E-state index is 13.7. The van der Waals surface area contributed by atoms with Crippen LogP contribution in [0.5, 0.6) is 5.75 Å². The van der Waals surface area contributed by atoms with E-state index in [2.05, 4.69) is 0 Å². The van der Waals surface area contributed by atoms with Gasteiger partial charge in [0.2, 0.25) is 0 Å². The van der Waals surface area contributed by atoms with Crippen molar-refractivity contribution >= 4 is 35.2 Å². The summed E-state index contributed by atoms with van der Waals surface area (Å²) in [5.41, 5.74) is 0.765. The maximum atomic E-state index is 13.7. The molecule has 0 aliphatic carbocycles. The topological polar surface area (TPSA) is 99.6 Å². The maximum Gasteiger partial charge on any atom is 0.407 e. The zero-order chi connectivity index (χ0) is 24.3. The number of ether oxygens (including phenoxy) is 2. The van der Waals surface area contributed by atoms with E-state index < -0.39 is 12.2 Å². The van der Waals surface area contributed by atoms with Gasteiger partial charge < -0.3 is 29.3 Å². The molecule has 9 nitrogen and oxygen atoms in total. The fourth-order valence-electron chi connectivity index (χ4n) is 4.51. The molecule has 0 unspecified atom stereocenters. The number of rotatable bonds is 7. The number of carbonyl (C=O) groups is 3. The van der Waals surface area contributed by atoms with Crippen LogP contribution < -0.4 is 9.64 Å². The van der Waals surface area contributed by atoms with Crippen LogP contribution in [-0.2, 0) is 9.53 Å². The summed E-state index contributed by atoms with van der Waals surface area (Å²) >= 11 is 6.53. The number of nitrogens with zero attached hydrogens (tertiary/aromatic N) is 3. The molecular formula is C23H32ClN3O6. The molecule has 2 atom stereocenters. The molecule has 2 heterocycles. The summed E-state index contributed by atoms with van der Waals surface area (Å²) in [6.45, 7) is 7.11. The standard InChI is InChI=1S/C23H32ClN3O6/c1-14(2)27(16-7-5-8-25(13-16)23(30)31)22(29)17-11-19-20(12-18(17)24)33-15(3)21(28)26(19)9-6-10-32-4/h11-12,14-16H,5-10,13H2,1-4H3,(H,30,31)/t15-,16-/m1/s1. The minimum absolute atomic E-state index is 0.168. The number of carbonyl (C=O) groups excluding carboxylic acids is 2. The van der Waals surface area contributed by atoms with E-state index in [9.17, 15) is 19.5 Å². The molecule has 0 saturated carbocycles. The van der Waals surface area contributed by atoms with Crippen LogP contribution in [0.15, 0.2) is 12.1 Å². The highest BCUT2D eigenvalue weighted by Gasteiger charge is 2.36. The number of anilines is 1. The van der Waals surface area contributed by atoms with Crippen molar-refractivity contribution in [3.63, 3.8) is 0 Å². The molecule has 1 aromatic rings. The highest BCUT2D eigenvalue weighted by Crippen LogP contribution is 2.39. The smallest absolute Gasteiger partial charge is 0.407 e. The summed E-state index contributed by atoms with van der Waals surface area (Å²) in [6, 6.07) is 2.77. The third-order valence-electron chi connectivity index (χ3n) is 6.07. The molecule has 3 rings (SSSR count). The Morgan fingerprint density at radius 1 is 1.36 bits per heavy atom. The summed E-state index contributed by atoms with van der Waals surface area (Å²) in [5.74, 6) is -0.0331. The fourth-order valence-corrected chi connectivity index (χ4v) is 4.74. The third-order valence-corrected chi connectivity index (χ3v) is 6.38. The van der Waals surface area contributed by atoms with Gasteiger partial charge in [-0.25, -0.2) is 4.79 Å². The molecule has 1 aromatic carbocycles. The van der Waals surface area contributed by atoms with Crippen molar-refractivity contribution in [2.24, 2.45) is 0 Å². The first-order valence-corrected chi connectivity index (χ1v) is 11.6. The minimum Gasteiger partial charge on any atom is -0.479 e. The van der Waals surface area contributed by atoms with Gasteiger partial charge in [0, 0.05) is 45.5 Å². The lowest BCUT2D eigenvalue weighted by atomic mass is 10.0. The molecule has 3 amide bonds. The Hall–Kier alpha value is -2.52. The van der Waals surface area contributed by atoms with E-state index in [1.807, 2.05) is 13.8 Å². The number of benzene rings is 1. The Balaban J connectivity index is 1.95. The lowest BCUT2D eigenvalue weighted by Gasteiger charge is -2.41. The molecule has 0 radical (unpaired) electrons. The summed E-state index contributed by atoms with van der Waals surface area (Å²) in [6.07, 6.45) is 0.372. The van der Waals surface area contributed by atoms with Crippen LogP contribution in [0.4, 0.5) is 10.5 Å². The number of fused-ring (bicyclic) bond motifs is 1. The Labute approximate surface area is 199 Å². The van der Waals surface area contributed by atoms with Crippen LogP contribution >= 0.6 is 11.6 Å². The van der Waals surface area contributed by atoms with Crippen LogP contribution in [0.2, 0.25) is 5.02 Å². The van der Waals surface area contributed by atoms with Gasteiger partial charge in [0.25, 0.3) is 11.8 Å². The molecule has 1 saturated heterocycles. The highest BCUT2D eigenvalue weighted by atomic mass is 35.5. The van der Waals surface area contributed by atoms with Crippen molar-refractivity contribution < 1.29 is 29.0 Å². The molecule has 2 aliphatic heterocycles. The number of carboxylic acid groups (broad SMARTS) is 1. The summed E-state index contributed by atoms with van der Waals surface area (Å²) in [7, 11) is 1.60. The number of methoxy groups -OCH3 is 1. The Morgan fingerprint density at radius 3 is 2.73 bits per heavy atom. The van der Waals surface area contributed by atoms with Gasteiger partial charge in [0.05, 0.1) is 22.3 Å².